The van der Waals surface area contributed by atoms with Gasteiger partial charge in [-0.1, -0.05) is 0 Å². The lowest BCUT2D eigenvalue weighted by Crippen LogP contribution is -2.30. The first-order valence-electron chi connectivity index (χ1n) is 12.8. The molecule has 1 fully saturated rings. The van der Waals surface area contributed by atoms with E-state index in [2.05, 4.69) is 9.97 Å². The van der Waals surface area contributed by atoms with Crippen LogP contribution < -0.4 is 9.64 Å². The molecule has 8 nitrogen and oxygen atoms in total. The standard InChI is InChI=1S/C27H29F2N7O/c1-17-15-35(16-30-17)23-9-8-22(31-27(23)37-2)25-32-26-18(7-6-12-36(26)33-25)19-13-24(21(29)14-20(19)28)34-10-4-3-5-11-34/h8-9,13-16,18H,3-7,10-12H2,1-2H3/t18-/m0/s1. The maximum atomic E-state index is 15.2. The molecule has 0 unspecified atom stereocenters. The number of halogens is 2. The molecular formula is C27H29F2N7O. The number of methoxy groups -OCH3 is 1. The Hall–Kier alpha value is -3.82. The van der Waals surface area contributed by atoms with E-state index < -0.39 is 11.6 Å². The van der Waals surface area contributed by atoms with E-state index in [1.54, 1.807) is 19.5 Å². The molecule has 192 valence electrons. The second kappa shape index (κ2) is 9.57. The summed E-state index contributed by atoms with van der Waals surface area (Å²) in [5.74, 6) is 0.189. The summed E-state index contributed by atoms with van der Waals surface area (Å²) in [7, 11) is 1.57. The minimum absolute atomic E-state index is 0.311. The smallest absolute Gasteiger partial charge is 0.238 e. The zero-order chi connectivity index (χ0) is 25.5. The van der Waals surface area contributed by atoms with Gasteiger partial charge in [0, 0.05) is 43.4 Å². The van der Waals surface area contributed by atoms with E-state index in [0.717, 1.165) is 62.6 Å². The van der Waals surface area contributed by atoms with Gasteiger partial charge < -0.3 is 14.2 Å². The van der Waals surface area contributed by atoms with Gasteiger partial charge in [-0.25, -0.2) is 28.4 Å². The van der Waals surface area contributed by atoms with E-state index in [-0.39, 0.29) is 5.92 Å². The maximum Gasteiger partial charge on any atom is 0.238 e. The van der Waals surface area contributed by atoms with Crippen molar-refractivity contribution in [2.45, 2.75) is 51.5 Å². The summed E-state index contributed by atoms with van der Waals surface area (Å²) in [6.07, 6.45) is 8.32. The van der Waals surface area contributed by atoms with Crippen LogP contribution in [-0.4, -0.2) is 49.5 Å². The third-order valence-corrected chi connectivity index (χ3v) is 7.27. The molecule has 0 bridgehead atoms. The molecule has 3 aromatic heterocycles. The predicted molar refractivity (Wildman–Crippen MR) is 135 cm³/mol. The molecule has 0 saturated carbocycles. The van der Waals surface area contributed by atoms with E-state index in [0.29, 0.717) is 41.0 Å². The summed E-state index contributed by atoms with van der Waals surface area (Å²) in [6.45, 7) is 4.18. The second-order valence-electron chi connectivity index (χ2n) is 9.73. The number of hydrogen-bond acceptors (Lipinski definition) is 6. The van der Waals surface area contributed by atoms with Gasteiger partial charge in [0.05, 0.1) is 24.8 Å². The largest absolute Gasteiger partial charge is 0.479 e. The van der Waals surface area contributed by atoms with Gasteiger partial charge in [-0.05, 0) is 57.2 Å². The number of imidazole rings is 1. The van der Waals surface area contributed by atoms with Crippen LogP contribution in [0.2, 0.25) is 0 Å². The topological polar surface area (TPSA) is 73.9 Å². The second-order valence-corrected chi connectivity index (χ2v) is 9.73. The molecule has 1 saturated heterocycles. The molecule has 5 heterocycles. The SMILES string of the molecule is COc1nc(-c2nc3n(n2)CCC[C@H]3c2cc(N3CCCCC3)c(F)cc2F)ccc1-n1cnc(C)c1. The van der Waals surface area contributed by atoms with E-state index in [4.69, 9.17) is 14.8 Å². The zero-order valence-corrected chi connectivity index (χ0v) is 21.0. The number of piperidine rings is 1. The lowest BCUT2D eigenvalue weighted by atomic mass is 9.90. The van der Waals surface area contributed by atoms with Gasteiger partial charge in [0.15, 0.2) is 5.82 Å². The number of anilines is 1. The summed E-state index contributed by atoms with van der Waals surface area (Å²) in [4.78, 5) is 15.8. The van der Waals surface area contributed by atoms with E-state index >= 15 is 4.39 Å². The van der Waals surface area contributed by atoms with Crippen molar-refractivity contribution < 1.29 is 13.5 Å². The van der Waals surface area contributed by atoms with Gasteiger partial charge in [-0.3, -0.25) is 0 Å². The van der Waals surface area contributed by atoms with Crippen molar-refractivity contribution in [3.8, 4) is 23.1 Å². The van der Waals surface area contributed by atoms with Crippen molar-refractivity contribution in [3.05, 3.63) is 65.5 Å². The van der Waals surface area contributed by atoms with Crippen molar-refractivity contribution in [2.75, 3.05) is 25.1 Å². The minimum atomic E-state index is -0.541. The van der Waals surface area contributed by atoms with Crippen LogP contribution in [0, 0.1) is 18.6 Å². The van der Waals surface area contributed by atoms with Crippen molar-refractivity contribution in [1.29, 1.82) is 0 Å². The van der Waals surface area contributed by atoms with Crippen LogP contribution in [0.15, 0.2) is 36.8 Å². The monoisotopic (exact) mass is 505 g/mol. The van der Waals surface area contributed by atoms with Crippen molar-refractivity contribution in [1.82, 2.24) is 29.3 Å². The Bertz CT molecular complexity index is 1440. The highest BCUT2D eigenvalue weighted by atomic mass is 19.1. The van der Waals surface area contributed by atoms with E-state index in [1.165, 1.54) is 0 Å². The number of aryl methyl sites for hydroxylation is 2. The Morgan fingerprint density at radius 2 is 1.78 bits per heavy atom. The van der Waals surface area contributed by atoms with Gasteiger partial charge in [0.2, 0.25) is 5.88 Å². The molecule has 6 rings (SSSR count). The number of pyridine rings is 1. The Kier molecular flexibility index (Phi) is 6.10. The average molecular weight is 506 g/mol. The molecule has 0 radical (unpaired) electrons. The maximum absolute atomic E-state index is 15.2. The van der Waals surface area contributed by atoms with Gasteiger partial charge in [0.25, 0.3) is 0 Å². The summed E-state index contributed by atoms with van der Waals surface area (Å²) >= 11 is 0. The van der Waals surface area contributed by atoms with Crippen LogP contribution in [0.4, 0.5) is 14.5 Å². The van der Waals surface area contributed by atoms with E-state index in [9.17, 15) is 4.39 Å². The molecule has 1 aromatic carbocycles. The summed E-state index contributed by atoms with van der Waals surface area (Å²) in [5.41, 5.74) is 3.15. The Labute approximate surface area is 213 Å². The minimum Gasteiger partial charge on any atom is -0.479 e. The first-order valence-corrected chi connectivity index (χ1v) is 12.8. The third-order valence-electron chi connectivity index (χ3n) is 7.27. The highest BCUT2D eigenvalue weighted by Crippen LogP contribution is 2.38. The highest BCUT2D eigenvalue weighted by molar-refractivity contribution is 5.56. The predicted octanol–water partition coefficient (Wildman–Crippen LogP) is 5.04. The van der Waals surface area contributed by atoms with Crippen molar-refractivity contribution in [3.63, 3.8) is 0 Å². The van der Waals surface area contributed by atoms with Crippen LogP contribution >= 0.6 is 0 Å². The number of aromatic nitrogens is 6. The van der Waals surface area contributed by atoms with Crippen molar-refractivity contribution >= 4 is 5.69 Å². The van der Waals surface area contributed by atoms with E-state index in [1.807, 2.05) is 39.4 Å². The third kappa shape index (κ3) is 4.34. The highest BCUT2D eigenvalue weighted by Gasteiger charge is 2.30. The summed E-state index contributed by atoms with van der Waals surface area (Å²) < 4.78 is 39.2. The van der Waals surface area contributed by atoms with Gasteiger partial charge >= 0.3 is 0 Å². The first kappa shape index (κ1) is 23.6. The number of benzene rings is 1. The average Bonchev–Trinajstić information content (AvgIpc) is 3.55. The molecule has 4 aromatic rings. The fourth-order valence-electron chi connectivity index (χ4n) is 5.41. The molecule has 37 heavy (non-hydrogen) atoms. The Morgan fingerprint density at radius 3 is 2.54 bits per heavy atom. The molecule has 0 N–H and O–H groups in total. The summed E-state index contributed by atoms with van der Waals surface area (Å²) in [6, 6.07) is 6.45. The van der Waals surface area contributed by atoms with Crippen LogP contribution in [0.3, 0.4) is 0 Å². The zero-order valence-electron chi connectivity index (χ0n) is 21.0. The van der Waals surface area contributed by atoms with Gasteiger partial charge in [-0.2, -0.15) is 0 Å². The molecule has 1 atom stereocenters. The number of ether oxygens (including phenoxy) is 1. The number of rotatable bonds is 5. The quantitative estimate of drug-likeness (QED) is 0.379. The Morgan fingerprint density at radius 1 is 0.946 bits per heavy atom. The number of fused-ring (bicyclic) bond motifs is 1. The summed E-state index contributed by atoms with van der Waals surface area (Å²) in [5, 5.41) is 4.70. The first-order chi connectivity index (χ1) is 18.0. The van der Waals surface area contributed by atoms with Crippen LogP contribution in [-0.2, 0) is 6.54 Å². The molecule has 2 aliphatic heterocycles. The molecule has 2 aliphatic rings. The van der Waals surface area contributed by atoms with Crippen LogP contribution in [0.5, 0.6) is 5.88 Å². The lowest BCUT2D eigenvalue weighted by Gasteiger charge is -2.30. The van der Waals surface area contributed by atoms with Crippen LogP contribution in [0.25, 0.3) is 17.2 Å². The van der Waals surface area contributed by atoms with Crippen LogP contribution in [0.1, 0.15) is 55.1 Å². The van der Waals surface area contributed by atoms with Gasteiger partial charge in [-0.15, -0.1) is 5.10 Å². The molecule has 10 heteroatoms. The van der Waals surface area contributed by atoms with Gasteiger partial charge in [0.1, 0.15) is 28.8 Å². The molecule has 0 amide bonds. The fourth-order valence-corrected chi connectivity index (χ4v) is 5.41. The molecule has 0 spiro atoms. The number of nitrogens with zero attached hydrogens (tertiary/aromatic N) is 7. The Balaban J connectivity index is 1.36. The van der Waals surface area contributed by atoms with Crippen molar-refractivity contribution in [2.24, 2.45) is 0 Å². The fraction of sp³-hybridized carbons (Fsp3) is 0.407. The molecule has 0 aliphatic carbocycles. The normalized spacial score (nSPS) is 17.6. The number of hydrogen-bond donors (Lipinski definition) is 0. The lowest BCUT2D eigenvalue weighted by molar-refractivity contribution is 0.396. The molecular weight excluding hydrogens is 476 g/mol.